The fourth-order valence-corrected chi connectivity index (χ4v) is 1.86. The molecule has 0 aromatic rings. The van der Waals surface area contributed by atoms with Crippen molar-refractivity contribution in [1.82, 2.24) is 4.90 Å². The summed E-state index contributed by atoms with van der Waals surface area (Å²) in [7, 11) is 0. The third kappa shape index (κ3) is 5.02. The fourth-order valence-electron chi connectivity index (χ4n) is 1.86. The zero-order valence-electron chi connectivity index (χ0n) is 9.43. The van der Waals surface area contributed by atoms with Gasteiger partial charge in [0, 0.05) is 24.6 Å². The van der Waals surface area contributed by atoms with E-state index in [0.29, 0.717) is 12.6 Å². The van der Waals surface area contributed by atoms with Crippen molar-refractivity contribution in [3.8, 4) is 0 Å². The van der Waals surface area contributed by atoms with Crippen LogP contribution in [0.1, 0.15) is 26.2 Å². The van der Waals surface area contributed by atoms with Crippen LogP contribution in [0.4, 0.5) is 0 Å². The maximum Gasteiger partial charge on any atom is 0.0702 e. The van der Waals surface area contributed by atoms with E-state index in [1.54, 1.807) is 0 Å². The first kappa shape index (κ1) is 12.3. The zero-order valence-corrected chi connectivity index (χ0v) is 9.43. The SMILES string of the molecule is CCN(CCCN=[N+]=[N-])CC1CCCO1. The molecular weight excluding hydrogens is 192 g/mol. The Labute approximate surface area is 91.0 Å². The molecule has 15 heavy (non-hydrogen) atoms. The smallest absolute Gasteiger partial charge is 0.0702 e. The van der Waals surface area contributed by atoms with Gasteiger partial charge in [0.25, 0.3) is 0 Å². The minimum atomic E-state index is 0.421. The molecule has 0 bridgehead atoms. The Bertz CT molecular complexity index is 209. The normalized spacial score (nSPS) is 20.5. The van der Waals surface area contributed by atoms with Crippen LogP contribution in [-0.2, 0) is 4.74 Å². The molecule has 1 aliphatic heterocycles. The molecule has 1 aliphatic rings. The lowest BCUT2D eigenvalue weighted by molar-refractivity contribution is 0.0747. The Balaban J connectivity index is 2.13. The molecule has 0 aromatic heterocycles. The Morgan fingerprint density at radius 3 is 3.07 bits per heavy atom. The van der Waals surface area contributed by atoms with Crippen LogP contribution < -0.4 is 0 Å². The van der Waals surface area contributed by atoms with Crippen molar-refractivity contribution >= 4 is 0 Å². The Morgan fingerprint density at radius 2 is 2.47 bits per heavy atom. The maximum atomic E-state index is 8.14. The van der Waals surface area contributed by atoms with Gasteiger partial charge in [-0.15, -0.1) is 0 Å². The summed E-state index contributed by atoms with van der Waals surface area (Å²) in [5.74, 6) is 0. The lowest BCUT2D eigenvalue weighted by Crippen LogP contribution is -2.33. The summed E-state index contributed by atoms with van der Waals surface area (Å²) in [6.45, 7) is 6.72. The van der Waals surface area contributed by atoms with E-state index in [0.717, 1.165) is 32.7 Å². The average molecular weight is 212 g/mol. The van der Waals surface area contributed by atoms with Crippen LogP contribution in [0.2, 0.25) is 0 Å². The van der Waals surface area contributed by atoms with Crippen LogP contribution in [0.3, 0.4) is 0 Å². The third-order valence-corrected chi connectivity index (χ3v) is 2.73. The highest BCUT2D eigenvalue weighted by atomic mass is 16.5. The lowest BCUT2D eigenvalue weighted by Gasteiger charge is -2.23. The van der Waals surface area contributed by atoms with Crippen molar-refractivity contribution in [2.24, 2.45) is 5.11 Å². The molecule has 0 aliphatic carbocycles. The van der Waals surface area contributed by atoms with Crippen LogP contribution in [-0.4, -0.2) is 43.8 Å². The molecule has 0 amide bonds. The summed E-state index contributed by atoms with van der Waals surface area (Å²) in [6, 6.07) is 0. The second-order valence-corrected chi connectivity index (χ2v) is 3.84. The Kier molecular flexibility index (Phi) is 6.16. The summed E-state index contributed by atoms with van der Waals surface area (Å²) in [5, 5.41) is 3.53. The van der Waals surface area contributed by atoms with Gasteiger partial charge in [-0.25, -0.2) is 0 Å². The molecule has 5 heteroatoms. The highest BCUT2D eigenvalue weighted by molar-refractivity contribution is 4.70. The van der Waals surface area contributed by atoms with Gasteiger partial charge in [0.2, 0.25) is 0 Å². The molecule has 86 valence electrons. The molecule has 1 unspecified atom stereocenters. The molecular formula is C10H20N4O. The first-order valence-corrected chi connectivity index (χ1v) is 5.71. The van der Waals surface area contributed by atoms with Crippen LogP contribution in [0.15, 0.2) is 5.11 Å². The number of nitrogens with zero attached hydrogens (tertiary/aromatic N) is 4. The second kappa shape index (κ2) is 7.51. The zero-order chi connectivity index (χ0) is 10.9. The first-order valence-electron chi connectivity index (χ1n) is 5.71. The summed E-state index contributed by atoms with van der Waals surface area (Å²) in [4.78, 5) is 5.11. The van der Waals surface area contributed by atoms with Gasteiger partial charge in [-0.2, -0.15) is 0 Å². The number of azide groups is 1. The lowest BCUT2D eigenvalue weighted by atomic mass is 10.2. The molecule has 1 saturated heterocycles. The van der Waals surface area contributed by atoms with E-state index in [1.807, 2.05) is 0 Å². The largest absolute Gasteiger partial charge is 0.377 e. The quantitative estimate of drug-likeness (QED) is 0.281. The predicted molar refractivity (Wildman–Crippen MR) is 59.7 cm³/mol. The van der Waals surface area contributed by atoms with Crippen molar-refractivity contribution in [2.45, 2.75) is 32.3 Å². The molecule has 1 atom stereocenters. The molecule has 1 fully saturated rings. The van der Waals surface area contributed by atoms with Crippen molar-refractivity contribution in [3.05, 3.63) is 10.4 Å². The van der Waals surface area contributed by atoms with E-state index in [1.165, 1.54) is 12.8 Å². The molecule has 0 spiro atoms. The molecule has 0 N–H and O–H groups in total. The molecule has 5 nitrogen and oxygen atoms in total. The van der Waals surface area contributed by atoms with Gasteiger partial charge >= 0.3 is 0 Å². The number of likely N-dealkylation sites (N-methyl/N-ethyl adjacent to an activating group) is 1. The minimum absolute atomic E-state index is 0.421. The van der Waals surface area contributed by atoms with Crippen LogP contribution >= 0.6 is 0 Å². The highest BCUT2D eigenvalue weighted by Crippen LogP contribution is 2.13. The summed E-state index contributed by atoms with van der Waals surface area (Å²) < 4.78 is 5.59. The van der Waals surface area contributed by atoms with E-state index < -0.39 is 0 Å². The molecule has 0 saturated carbocycles. The van der Waals surface area contributed by atoms with Gasteiger partial charge in [0.1, 0.15) is 0 Å². The highest BCUT2D eigenvalue weighted by Gasteiger charge is 2.17. The number of rotatable bonds is 7. The van der Waals surface area contributed by atoms with Gasteiger partial charge in [-0.05, 0) is 37.9 Å². The maximum absolute atomic E-state index is 8.14. The Morgan fingerprint density at radius 1 is 1.60 bits per heavy atom. The Hall–Kier alpha value is -0.770. The van der Waals surface area contributed by atoms with Gasteiger partial charge in [0.05, 0.1) is 6.10 Å². The minimum Gasteiger partial charge on any atom is -0.377 e. The standard InChI is InChI=1S/C10H20N4O/c1-2-14(7-4-6-12-13-11)9-10-5-3-8-15-10/h10H,2-9H2,1H3. The predicted octanol–water partition coefficient (Wildman–Crippen LogP) is 2.19. The monoisotopic (exact) mass is 212 g/mol. The van der Waals surface area contributed by atoms with E-state index in [-0.39, 0.29) is 0 Å². The molecule has 0 aromatic carbocycles. The van der Waals surface area contributed by atoms with Crippen molar-refractivity contribution < 1.29 is 4.74 Å². The molecule has 1 heterocycles. The van der Waals surface area contributed by atoms with Crippen LogP contribution in [0, 0.1) is 0 Å². The number of ether oxygens (including phenoxy) is 1. The average Bonchev–Trinajstić information content (AvgIpc) is 2.75. The summed E-state index contributed by atoms with van der Waals surface area (Å²) in [5.41, 5.74) is 8.14. The fraction of sp³-hybridized carbons (Fsp3) is 1.00. The van der Waals surface area contributed by atoms with Gasteiger partial charge in [-0.1, -0.05) is 12.0 Å². The summed E-state index contributed by atoms with van der Waals surface area (Å²) in [6.07, 6.45) is 3.74. The second-order valence-electron chi connectivity index (χ2n) is 3.84. The van der Waals surface area contributed by atoms with Crippen LogP contribution in [0.5, 0.6) is 0 Å². The van der Waals surface area contributed by atoms with Crippen LogP contribution in [0.25, 0.3) is 10.4 Å². The van der Waals surface area contributed by atoms with E-state index >= 15 is 0 Å². The van der Waals surface area contributed by atoms with Crippen molar-refractivity contribution in [2.75, 3.05) is 32.8 Å². The van der Waals surface area contributed by atoms with Crippen molar-refractivity contribution in [1.29, 1.82) is 0 Å². The number of hydrogen-bond acceptors (Lipinski definition) is 3. The van der Waals surface area contributed by atoms with E-state index in [2.05, 4.69) is 21.8 Å². The van der Waals surface area contributed by atoms with E-state index in [4.69, 9.17) is 10.3 Å². The van der Waals surface area contributed by atoms with Gasteiger partial charge in [0.15, 0.2) is 0 Å². The molecule has 1 rings (SSSR count). The number of hydrogen-bond donors (Lipinski definition) is 0. The van der Waals surface area contributed by atoms with Gasteiger partial charge in [-0.3, -0.25) is 0 Å². The third-order valence-electron chi connectivity index (χ3n) is 2.73. The summed E-state index contributed by atoms with van der Waals surface area (Å²) >= 11 is 0. The van der Waals surface area contributed by atoms with E-state index in [9.17, 15) is 0 Å². The van der Waals surface area contributed by atoms with Crippen molar-refractivity contribution in [3.63, 3.8) is 0 Å². The molecule has 0 radical (unpaired) electrons. The first-order chi connectivity index (χ1) is 7.36. The van der Waals surface area contributed by atoms with Gasteiger partial charge < -0.3 is 9.64 Å². The topological polar surface area (TPSA) is 61.2 Å².